The highest BCUT2D eigenvalue weighted by molar-refractivity contribution is 5.45. The number of benzene rings is 2. The molecule has 0 spiro atoms. The topological polar surface area (TPSA) is 38.5 Å². The standard InChI is InChI=1S/C18H22N2O/c1-13(14-7-4-3-5-8-14)20-12-16-15(17(20)11-19)9-6-10-18(16)21-2/h3-10,13,17H,11-12,19H2,1-2H3. The fraction of sp³-hybridized carbons (Fsp3) is 0.333. The maximum absolute atomic E-state index is 6.06. The Morgan fingerprint density at radius 2 is 1.95 bits per heavy atom. The number of hydrogen-bond acceptors (Lipinski definition) is 3. The molecule has 0 aliphatic carbocycles. The molecule has 0 aromatic heterocycles. The van der Waals surface area contributed by atoms with Crippen LogP contribution in [0.15, 0.2) is 48.5 Å². The highest BCUT2D eigenvalue weighted by Gasteiger charge is 2.34. The van der Waals surface area contributed by atoms with Crippen molar-refractivity contribution in [3.63, 3.8) is 0 Å². The van der Waals surface area contributed by atoms with E-state index in [1.54, 1.807) is 7.11 Å². The average molecular weight is 282 g/mol. The van der Waals surface area contributed by atoms with Gasteiger partial charge in [-0.15, -0.1) is 0 Å². The molecule has 110 valence electrons. The Hall–Kier alpha value is -1.84. The van der Waals surface area contributed by atoms with E-state index in [1.807, 2.05) is 6.07 Å². The van der Waals surface area contributed by atoms with E-state index < -0.39 is 0 Å². The van der Waals surface area contributed by atoms with Crippen LogP contribution < -0.4 is 10.5 Å². The maximum Gasteiger partial charge on any atom is 0.123 e. The first-order chi connectivity index (χ1) is 10.3. The van der Waals surface area contributed by atoms with Gasteiger partial charge in [0.25, 0.3) is 0 Å². The first-order valence-corrected chi connectivity index (χ1v) is 7.42. The number of fused-ring (bicyclic) bond motifs is 1. The van der Waals surface area contributed by atoms with Crippen LogP contribution in [0.25, 0.3) is 0 Å². The van der Waals surface area contributed by atoms with E-state index in [2.05, 4.69) is 54.3 Å². The molecule has 0 saturated heterocycles. The van der Waals surface area contributed by atoms with Crippen LogP contribution in [0.5, 0.6) is 5.75 Å². The van der Waals surface area contributed by atoms with Crippen molar-refractivity contribution in [3.8, 4) is 5.75 Å². The molecule has 3 rings (SSSR count). The zero-order chi connectivity index (χ0) is 14.8. The molecule has 2 aromatic rings. The lowest BCUT2D eigenvalue weighted by atomic mass is 10.0. The van der Waals surface area contributed by atoms with Crippen molar-refractivity contribution >= 4 is 0 Å². The van der Waals surface area contributed by atoms with Crippen LogP contribution in [0.2, 0.25) is 0 Å². The predicted molar refractivity (Wildman–Crippen MR) is 85.2 cm³/mol. The summed E-state index contributed by atoms with van der Waals surface area (Å²) in [6.45, 7) is 3.75. The first kappa shape index (κ1) is 14.1. The molecule has 1 heterocycles. The van der Waals surface area contributed by atoms with Gasteiger partial charge >= 0.3 is 0 Å². The molecule has 2 atom stereocenters. The van der Waals surface area contributed by atoms with Gasteiger partial charge in [-0.3, -0.25) is 4.90 Å². The summed E-state index contributed by atoms with van der Waals surface area (Å²) in [6, 6.07) is 17.4. The van der Waals surface area contributed by atoms with Crippen molar-refractivity contribution in [3.05, 3.63) is 65.2 Å². The molecular formula is C18H22N2O. The number of hydrogen-bond donors (Lipinski definition) is 1. The Morgan fingerprint density at radius 1 is 1.19 bits per heavy atom. The van der Waals surface area contributed by atoms with E-state index in [0.717, 1.165) is 12.3 Å². The molecule has 3 nitrogen and oxygen atoms in total. The van der Waals surface area contributed by atoms with Crippen LogP contribution in [0.1, 0.15) is 35.7 Å². The molecule has 0 fully saturated rings. The number of rotatable bonds is 4. The molecular weight excluding hydrogens is 260 g/mol. The lowest BCUT2D eigenvalue weighted by Crippen LogP contribution is -2.30. The van der Waals surface area contributed by atoms with Crippen LogP contribution in [0, 0.1) is 0 Å². The van der Waals surface area contributed by atoms with Crippen LogP contribution in [-0.4, -0.2) is 18.6 Å². The van der Waals surface area contributed by atoms with E-state index >= 15 is 0 Å². The smallest absolute Gasteiger partial charge is 0.123 e. The number of methoxy groups -OCH3 is 1. The van der Waals surface area contributed by atoms with E-state index in [4.69, 9.17) is 10.5 Å². The summed E-state index contributed by atoms with van der Waals surface area (Å²) in [6.07, 6.45) is 0. The Morgan fingerprint density at radius 3 is 2.62 bits per heavy atom. The first-order valence-electron chi connectivity index (χ1n) is 7.42. The maximum atomic E-state index is 6.06. The van der Waals surface area contributed by atoms with Crippen molar-refractivity contribution in [1.29, 1.82) is 0 Å². The normalized spacial score (nSPS) is 19.3. The zero-order valence-corrected chi connectivity index (χ0v) is 12.6. The van der Waals surface area contributed by atoms with Crippen LogP contribution >= 0.6 is 0 Å². The van der Waals surface area contributed by atoms with Crippen molar-refractivity contribution < 1.29 is 4.74 Å². The molecule has 2 N–H and O–H groups in total. The van der Waals surface area contributed by atoms with Gasteiger partial charge in [0.05, 0.1) is 7.11 Å². The third kappa shape index (κ3) is 2.43. The average Bonchev–Trinajstić information content (AvgIpc) is 2.93. The van der Waals surface area contributed by atoms with Gasteiger partial charge in [-0.1, -0.05) is 42.5 Å². The van der Waals surface area contributed by atoms with E-state index in [0.29, 0.717) is 12.6 Å². The predicted octanol–water partition coefficient (Wildman–Crippen LogP) is 3.27. The van der Waals surface area contributed by atoms with E-state index in [-0.39, 0.29) is 6.04 Å². The molecule has 0 saturated carbocycles. The summed E-state index contributed by atoms with van der Waals surface area (Å²) >= 11 is 0. The molecule has 2 aromatic carbocycles. The van der Waals surface area contributed by atoms with Gasteiger partial charge in [-0.25, -0.2) is 0 Å². The molecule has 1 aliphatic heterocycles. The minimum Gasteiger partial charge on any atom is -0.496 e. The van der Waals surface area contributed by atoms with Gasteiger partial charge in [-0.05, 0) is 24.1 Å². The minimum atomic E-state index is 0.255. The third-order valence-electron chi connectivity index (χ3n) is 4.49. The van der Waals surface area contributed by atoms with Crippen molar-refractivity contribution in [2.24, 2.45) is 5.73 Å². The van der Waals surface area contributed by atoms with Gasteiger partial charge in [-0.2, -0.15) is 0 Å². The largest absolute Gasteiger partial charge is 0.496 e. The fourth-order valence-electron chi connectivity index (χ4n) is 3.32. The Labute approximate surface area is 126 Å². The lowest BCUT2D eigenvalue weighted by Gasteiger charge is -2.30. The molecule has 0 bridgehead atoms. The summed E-state index contributed by atoms with van der Waals surface area (Å²) in [4.78, 5) is 2.46. The van der Waals surface area contributed by atoms with E-state index in [9.17, 15) is 0 Å². The summed E-state index contributed by atoms with van der Waals surface area (Å²) in [7, 11) is 1.73. The Bertz CT molecular complexity index is 612. The summed E-state index contributed by atoms with van der Waals surface area (Å²) in [5.74, 6) is 0.966. The number of ether oxygens (including phenoxy) is 1. The summed E-state index contributed by atoms with van der Waals surface area (Å²) < 4.78 is 5.52. The van der Waals surface area contributed by atoms with Crippen LogP contribution in [-0.2, 0) is 6.54 Å². The highest BCUT2D eigenvalue weighted by atomic mass is 16.5. The quantitative estimate of drug-likeness (QED) is 0.935. The van der Waals surface area contributed by atoms with Gasteiger partial charge in [0, 0.05) is 30.7 Å². The van der Waals surface area contributed by atoms with Gasteiger partial charge in [0.2, 0.25) is 0 Å². The second-order valence-electron chi connectivity index (χ2n) is 5.54. The van der Waals surface area contributed by atoms with Gasteiger partial charge < -0.3 is 10.5 Å². The Balaban J connectivity index is 1.95. The minimum absolute atomic E-state index is 0.255. The third-order valence-corrected chi connectivity index (χ3v) is 4.49. The summed E-state index contributed by atoms with van der Waals surface area (Å²) in [5.41, 5.74) is 9.97. The Kier molecular flexibility index (Phi) is 3.95. The SMILES string of the molecule is COc1cccc2c1CN(C(C)c1ccccc1)C2CN. The van der Waals surface area contributed by atoms with Crippen LogP contribution in [0.4, 0.5) is 0 Å². The second-order valence-corrected chi connectivity index (χ2v) is 5.54. The fourth-order valence-corrected chi connectivity index (χ4v) is 3.32. The second kappa shape index (κ2) is 5.88. The van der Waals surface area contributed by atoms with Crippen molar-refractivity contribution in [2.45, 2.75) is 25.6 Å². The molecule has 0 amide bonds. The van der Waals surface area contributed by atoms with Crippen molar-refractivity contribution in [1.82, 2.24) is 4.90 Å². The molecule has 21 heavy (non-hydrogen) atoms. The molecule has 1 aliphatic rings. The zero-order valence-electron chi connectivity index (χ0n) is 12.6. The van der Waals surface area contributed by atoms with Crippen molar-refractivity contribution in [2.75, 3.05) is 13.7 Å². The molecule has 0 radical (unpaired) electrons. The van der Waals surface area contributed by atoms with Gasteiger partial charge in [0.15, 0.2) is 0 Å². The number of nitrogens with zero attached hydrogens (tertiary/aromatic N) is 1. The van der Waals surface area contributed by atoms with Crippen LogP contribution in [0.3, 0.4) is 0 Å². The monoisotopic (exact) mass is 282 g/mol. The van der Waals surface area contributed by atoms with E-state index in [1.165, 1.54) is 16.7 Å². The molecule has 2 unspecified atom stereocenters. The number of nitrogens with two attached hydrogens (primary N) is 1. The van der Waals surface area contributed by atoms with Gasteiger partial charge in [0.1, 0.15) is 5.75 Å². The summed E-state index contributed by atoms with van der Waals surface area (Å²) in [5, 5.41) is 0. The highest BCUT2D eigenvalue weighted by Crippen LogP contribution is 2.42. The lowest BCUT2D eigenvalue weighted by molar-refractivity contribution is 0.161. The molecule has 3 heteroatoms.